The molecule has 1 aromatic carbocycles. The first kappa shape index (κ1) is 13.8. The molecule has 2 rings (SSSR count). The van der Waals surface area contributed by atoms with Crippen LogP contribution in [0.25, 0.3) is 0 Å². The number of hydrogen-bond donors (Lipinski definition) is 0. The number of hydrogen-bond acceptors (Lipinski definition) is 3. The van der Waals surface area contributed by atoms with E-state index in [0.717, 1.165) is 14.5 Å². The Kier molecular flexibility index (Phi) is 4.25. The van der Waals surface area contributed by atoms with Crippen molar-refractivity contribution in [3.63, 3.8) is 0 Å². The molecule has 0 aliphatic heterocycles. The fraction of sp³-hybridized carbons (Fsp3) is 0.167. The minimum Gasteiger partial charge on any atom is -0.437 e. The lowest BCUT2D eigenvalue weighted by atomic mass is 10.3. The molecule has 0 spiro atoms. The van der Waals surface area contributed by atoms with Crippen molar-refractivity contribution in [3.05, 3.63) is 43.7 Å². The van der Waals surface area contributed by atoms with Crippen LogP contribution in [0.1, 0.15) is 11.4 Å². The van der Waals surface area contributed by atoms with Crippen LogP contribution >= 0.6 is 43.5 Å². The molecule has 0 unspecified atom stereocenters. The molecule has 2 aromatic rings. The van der Waals surface area contributed by atoms with E-state index < -0.39 is 0 Å². The molecule has 1 aromatic heterocycles. The molecule has 0 atom stereocenters. The Bertz CT molecular complexity index is 605. The summed E-state index contributed by atoms with van der Waals surface area (Å²) in [5.74, 6) is 1.72. The second-order valence-electron chi connectivity index (χ2n) is 3.67. The van der Waals surface area contributed by atoms with E-state index in [2.05, 4.69) is 41.8 Å². The van der Waals surface area contributed by atoms with Gasteiger partial charge in [0.05, 0.1) is 4.47 Å². The van der Waals surface area contributed by atoms with Crippen LogP contribution in [-0.4, -0.2) is 9.97 Å². The van der Waals surface area contributed by atoms with E-state index in [-0.39, 0.29) is 0 Å². The number of aryl methyl sites for hydroxylation is 1. The van der Waals surface area contributed by atoms with Crippen molar-refractivity contribution in [2.24, 2.45) is 0 Å². The lowest BCUT2D eigenvalue weighted by Gasteiger charge is -2.10. The van der Waals surface area contributed by atoms with Gasteiger partial charge in [0.25, 0.3) is 0 Å². The zero-order valence-electron chi connectivity index (χ0n) is 9.67. The topological polar surface area (TPSA) is 35.0 Å². The first-order valence-corrected chi connectivity index (χ1v) is 7.07. The number of rotatable bonds is 2. The van der Waals surface area contributed by atoms with E-state index in [0.29, 0.717) is 22.6 Å². The molecular formula is C12H9Br2ClN2O. The van der Waals surface area contributed by atoms with Gasteiger partial charge in [-0.2, -0.15) is 4.98 Å². The molecule has 3 nitrogen and oxygen atoms in total. The second kappa shape index (κ2) is 5.55. The maximum Gasteiger partial charge on any atom is 0.227 e. The molecule has 0 fully saturated rings. The highest BCUT2D eigenvalue weighted by molar-refractivity contribution is 9.11. The average molecular weight is 392 g/mol. The van der Waals surface area contributed by atoms with Crippen LogP contribution in [0.3, 0.4) is 0 Å². The van der Waals surface area contributed by atoms with E-state index in [9.17, 15) is 0 Å². The summed E-state index contributed by atoms with van der Waals surface area (Å²) in [5, 5.41) is 0.408. The van der Waals surface area contributed by atoms with Gasteiger partial charge in [-0.1, -0.05) is 27.5 Å². The molecule has 6 heteroatoms. The summed E-state index contributed by atoms with van der Waals surface area (Å²) in [6.07, 6.45) is 0. The van der Waals surface area contributed by atoms with Crippen LogP contribution < -0.4 is 4.74 Å². The molecule has 1 heterocycles. The molecule has 0 saturated heterocycles. The van der Waals surface area contributed by atoms with Crippen molar-refractivity contribution >= 4 is 43.5 Å². The summed E-state index contributed by atoms with van der Waals surface area (Å²) < 4.78 is 7.56. The van der Waals surface area contributed by atoms with E-state index in [1.165, 1.54) is 0 Å². The van der Waals surface area contributed by atoms with Gasteiger partial charge in [0, 0.05) is 10.0 Å². The van der Waals surface area contributed by atoms with Crippen molar-refractivity contribution in [1.29, 1.82) is 0 Å². The third kappa shape index (κ3) is 3.02. The van der Waals surface area contributed by atoms with Gasteiger partial charge >= 0.3 is 0 Å². The predicted octanol–water partition coefficient (Wildman–Crippen LogP) is 5.06. The van der Waals surface area contributed by atoms with E-state index >= 15 is 0 Å². The van der Waals surface area contributed by atoms with Crippen molar-refractivity contribution < 1.29 is 4.74 Å². The highest BCUT2D eigenvalue weighted by atomic mass is 79.9. The first-order valence-electron chi connectivity index (χ1n) is 5.11. The Morgan fingerprint density at radius 3 is 2.56 bits per heavy atom. The Balaban J connectivity index is 2.40. The molecule has 0 aliphatic rings. The van der Waals surface area contributed by atoms with Crippen molar-refractivity contribution in [3.8, 4) is 11.6 Å². The summed E-state index contributed by atoms with van der Waals surface area (Å²) in [6, 6.07) is 5.64. The van der Waals surface area contributed by atoms with Gasteiger partial charge in [-0.05, 0) is 48.0 Å². The van der Waals surface area contributed by atoms with Crippen molar-refractivity contribution in [2.45, 2.75) is 13.8 Å². The quantitative estimate of drug-likeness (QED) is 0.670. The van der Waals surface area contributed by atoms with Crippen LogP contribution in [0.5, 0.6) is 11.6 Å². The van der Waals surface area contributed by atoms with Gasteiger partial charge in [-0.3, -0.25) is 0 Å². The lowest BCUT2D eigenvalue weighted by Crippen LogP contribution is -1.97. The maximum absolute atomic E-state index is 6.00. The SMILES string of the molecule is Cc1nc(Cl)c(C)c(Oc2ccc(Br)cc2Br)n1. The number of halogens is 3. The maximum atomic E-state index is 6.00. The van der Waals surface area contributed by atoms with Gasteiger partial charge in [0.2, 0.25) is 5.88 Å². The zero-order valence-corrected chi connectivity index (χ0v) is 13.6. The molecule has 94 valence electrons. The number of nitrogens with zero attached hydrogens (tertiary/aromatic N) is 2. The van der Waals surface area contributed by atoms with Crippen LogP contribution in [0, 0.1) is 13.8 Å². The van der Waals surface area contributed by atoms with Gasteiger partial charge in [-0.15, -0.1) is 0 Å². The van der Waals surface area contributed by atoms with Crippen LogP contribution in [-0.2, 0) is 0 Å². The summed E-state index contributed by atoms with van der Waals surface area (Å²) in [4.78, 5) is 8.31. The smallest absolute Gasteiger partial charge is 0.227 e. The third-order valence-corrected chi connectivity index (χ3v) is 3.74. The van der Waals surface area contributed by atoms with Crippen molar-refractivity contribution in [2.75, 3.05) is 0 Å². The lowest BCUT2D eigenvalue weighted by molar-refractivity contribution is 0.453. The first-order chi connectivity index (χ1) is 8.47. The fourth-order valence-electron chi connectivity index (χ4n) is 1.33. The second-order valence-corrected chi connectivity index (χ2v) is 5.80. The molecule has 0 amide bonds. The molecule has 18 heavy (non-hydrogen) atoms. The van der Waals surface area contributed by atoms with E-state index in [1.807, 2.05) is 25.1 Å². The predicted molar refractivity (Wildman–Crippen MR) is 78.4 cm³/mol. The van der Waals surface area contributed by atoms with E-state index in [4.69, 9.17) is 16.3 Å². The van der Waals surface area contributed by atoms with Crippen LogP contribution in [0.4, 0.5) is 0 Å². The monoisotopic (exact) mass is 390 g/mol. The van der Waals surface area contributed by atoms with Gasteiger partial charge in [-0.25, -0.2) is 4.98 Å². The van der Waals surface area contributed by atoms with Crippen LogP contribution in [0.2, 0.25) is 5.15 Å². The summed E-state index contributed by atoms with van der Waals surface area (Å²) in [7, 11) is 0. The highest BCUT2D eigenvalue weighted by Crippen LogP contribution is 2.33. The molecule has 0 N–H and O–H groups in total. The Morgan fingerprint density at radius 1 is 1.17 bits per heavy atom. The summed E-state index contributed by atoms with van der Waals surface area (Å²) >= 11 is 12.8. The molecular weight excluding hydrogens is 383 g/mol. The number of benzene rings is 1. The molecule has 0 aliphatic carbocycles. The largest absolute Gasteiger partial charge is 0.437 e. The minimum atomic E-state index is 0.408. The van der Waals surface area contributed by atoms with Gasteiger partial charge in [0.15, 0.2) is 0 Å². The standard InChI is InChI=1S/C12H9Br2ClN2O/c1-6-11(15)16-7(2)17-12(6)18-10-4-3-8(13)5-9(10)14/h3-5H,1-2H3. The third-order valence-electron chi connectivity index (χ3n) is 2.25. The zero-order chi connectivity index (χ0) is 13.3. The summed E-state index contributed by atoms with van der Waals surface area (Å²) in [6.45, 7) is 3.60. The Hall–Kier alpha value is -0.650. The minimum absolute atomic E-state index is 0.408. The van der Waals surface area contributed by atoms with Gasteiger partial charge in [0.1, 0.15) is 16.7 Å². The fourth-order valence-corrected chi connectivity index (χ4v) is 2.66. The Labute approximate surface area is 127 Å². The number of aromatic nitrogens is 2. The molecule has 0 saturated carbocycles. The van der Waals surface area contributed by atoms with Crippen LogP contribution in [0.15, 0.2) is 27.1 Å². The van der Waals surface area contributed by atoms with E-state index in [1.54, 1.807) is 6.92 Å². The van der Waals surface area contributed by atoms with Gasteiger partial charge < -0.3 is 4.74 Å². The normalized spacial score (nSPS) is 10.5. The highest BCUT2D eigenvalue weighted by Gasteiger charge is 2.11. The average Bonchev–Trinajstić information content (AvgIpc) is 2.29. The molecule has 0 radical (unpaired) electrons. The van der Waals surface area contributed by atoms with Crippen molar-refractivity contribution in [1.82, 2.24) is 9.97 Å². The Morgan fingerprint density at radius 2 is 1.89 bits per heavy atom. The number of ether oxygens (including phenoxy) is 1. The summed E-state index contributed by atoms with van der Waals surface area (Å²) in [5.41, 5.74) is 0.720. The molecule has 0 bridgehead atoms.